The Morgan fingerprint density at radius 2 is 2.00 bits per heavy atom. The van der Waals surface area contributed by atoms with Crippen LogP contribution in [0.1, 0.15) is 37.7 Å². The molecule has 0 aromatic heterocycles. The van der Waals surface area contributed by atoms with Crippen LogP contribution >= 0.6 is 0 Å². The molecule has 1 nitrogen and oxygen atoms in total. The second-order valence-corrected chi connectivity index (χ2v) is 4.57. The first-order chi connectivity index (χ1) is 7.79. The first-order valence-electron chi connectivity index (χ1n) is 5.99. The minimum Gasteiger partial charge on any atom is -0.299 e. The van der Waals surface area contributed by atoms with E-state index in [2.05, 4.69) is 18.7 Å². The molecule has 0 aliphatic heterocycles. The van der Waals surface area contributed by atoms with Crippen LogP contribution in [0.2, 0.25) is 0 Å². The highest BCUT2D eigenvalue weighted by Gasteiger charge is 2.39. The van der Waals surface area contributed by atoms with E-state index in [1.807, 2.05) is 24.3 Å². The Labute approximate surface area is 97.2 Å². The SMILES string of the molecule is C=CC[C@]1(c2ccccc2)CCCCC1=O. The number of ketones is 1. The quantitative estimate of drug-likeness (QED) is 0.702. The number of carbonyl (C=O) groups excluding carboxylic acids is 1. The third-order valence-corrected chi connectivity index (χ3v) is 3.61. The second-order valence-electron chi connectivity index (χ2n) is 4.57. The van der Waals surface area contributed by atoms with Gasteiger partial charge in [0, 0.05) is 6.42 Å². The van der Waals surface area contributed by atoms with Gasteiger partial charge in [0.1, 0.15) is 5.78 Å². The fraction of sp³-hybridized carbons (Fsp3) is 0.400. The van der Waals surface area contributed by atoms with Crippen molar-refractivity contribution >= 4 is 5.78 Å². The van der Waals surface area contributed by atoms with E-state index in [0.717, 1.165) is 32.1 Å². The Balaban J connectivity index is 2.41. The van der Waals surface area contributed by atoms with E-state index in [1.54, 1.807) is 0 Å². The van der Waals surface area contributed by atoms with Crippen molar-refractivity contribution in [3.63, 3.8) is 0 Å². The monoisotopic (exact) mass is 214 g/mol. The van der Waals surface area contributed by atoms with E-state index in [9.17, 15) is 4.79 Å². The van der Waals surface area contributed by atoms with Crippen molar-refractivity contribution in [2.24, 2.45) is 0 Å². The van der Waals surface area contributed by atoms with Crippen LogP contribution in [-0.2, 0) is 10.2 Å². The molecule has 0 bridgehead atoms. The Bertz CT molecular complexity index is 380. The molecule has 0 saturated heterocycles. The highest BCUT2D eigenvalue weighted by molar-refractivity contribution is 5.91. The molecule has 16 heavy (non-hydrogen) atoms. The topological polar surface area (TPSA) is 17.1 Å². The molecule has 1 saturated carbocycles. The minimum absolute atomic E-state index is 0.277. The third kappa shape index (κ3) is 1.82. The summed E-state index contributed by atoms with van der Waals surface area (Å²) in [6.07, 6.45) is 6.55. The third-order valence-electron chi connectivity index (χ3n) is 3.61. The van der Waals surface area contributed by atoms with Crippen LogP contribution < -0.4 is 0 Å². The number of benzene rings is 1. The van der Waals surface area contributed by atoms with Crippen LogP contribution in [0.25, 0.3) is 0 Å². The molecule has 2 rings (SSSR count). The molecular formula is C15H18O. The van der Waals surface area contributed by atoms with E-state index in [-0.39, 0.29) is 5.41 Å². The van der Waals surface area contributed by atoms with E-state index >= 15 is 0 Å². The summed E-state index contributed by atoms with van der Waals surface area (Å²) in [6.45, 7) is 3.81. The summed E-state index contributed by atoms with van der Waals surface area (Å²) in [5.74, 6) is 0.393. The van der Waals surface area contributed by atoms with Crippen LogP contribution in [0.5, 0.6) is 0 Å². The van der Waals surface area contributed by atoms with E-state index in [1.165, 1.54) is 5.56 Å². The van der Waals surface area contributed by atoms with E-state index in [0.29, 0.717) is 5.78 Å². The van der Waals surface area contributed by atoms with Gasteiger partial charge in [-0.05, 0) is 24.8 Å². The van der Waals surface area contributed by atoms with Crippen molar-refractivity contribution in [2.75, 3.05) is 0 Å². The molecule has 1 heteroatoms. The summed E-state index contributed by atoms with van der Waals surface area (Å²) in [6, 6.07) is 10.2. The smallest absolute Gasteiger partial charge is 0.143 e. The van der Waals surface area contributed by atoms with Crippen LogP contribution in [0.15, 0.2) is 43.0 Å². The number of rotatable bonds is 3. The molecule has 0 unspecified atom stereocenters. The van der Waals surface area contributed by atoms with Crippen LogP contribution in [0.4, 0.5) is 0 Å². The van der Waals surface area contributed by atoms with Gasteiger partial charge in [0.25, 0.3) is 0 Å². The average Bonchev–Trinajstić information content (AvgIpc) is 2.34. The van der Waals surface area contributed by atoms with E-state index < -0.39 is 0 Å². The van der Waals surface area contributed by atoms with Gasteiger partial charge in [-0.2, -0.15) is 0 Å². The Kier molecular flexibility index (Phi) is 3.23. The highest BCUT2D eigenvalue weighted by atomic mass is 16.1. The first kappa shape index (κ1) is 11.1. The molecule has 1 aliphatic carbocycles. The van der Waals surface area contributed by atoms with Gasteiger partial charge in [0.2, 0.25) is 0 Å². The molecule has 1 atom stereocenters. The molecule has 0 amide bonds. The van der Waals surface area contributed by atoms with Crippen molar-refractivity contribution in [1.29, 1.82) is 0 Å². The number of allylic oxidation sites excluding steroid dienone is 1. The Morgan fingerprint density at radius 1 is 1.25 bits per heavy atom. The maximum atomic E-state index is 12.3. The van der Waals surface area contributed by atoms with Gasteiger partial charge in [-0.25, -0.2) is 0 Å². The summed E-state index contributed by atoms with van der Waals surface area (Å²) in [5, 5.41) is 0. The van der Waals surface area contributed by atoms with Crippen LogP contribution in [0, 0.1) is 0 Å². The molecule has 1 aliphatic rings. The standard InChI is InChI=1S/C15H18O/c1-2-11-15(12-7-6-10-14(15)16)13-8-4-3-5-9-13/h2-5,8-9H,1,6-7,10-12H2/t15-/m1/s1. The Hall–Kier alpha value is -1.37. The normalized spacial score (nSPS) is 25.4. The number of Topliss-reactive ketones (excluding diaryl/α,β-unsaturated/α-hetero) is 1. The lowest BCUT2D eigenvalue weighted by Gasteiger charge is -2.35. The molecule has 0 heterocycles. The van der Waals surface area contributed by atoms with Gasteiger partial charge in [0.15, 0.2) is 0 Å². The molecule has 0 spiro atoms. The molecule has 1 fully saturated rings. The fourth-order valence-corrected chi connectivity index (χ4v) is 2.73. The molecule has 1 aromatic rings. The second kappa shape index (κ2) is 4.65. The predicted octanol–water partition coefficient (Wildman–Crippen LogP) is 3.64. The summed E-state index contributed by atoms with van der Waals surface area (Å²) < 4.78 is 0. The zero-order valence-corrected chi connectivity index (χ0v) is 9.61. The lowest BCUT2D eigenvalue weighted by Crippen LogP contribution is -2.38. The zero-order valence-electron chi connectivity index (χ0n) is 9.61. The van der Waals surface area contributed by atoms with Gasteiger partial charge in [-0.1, -0.05) is 42.8 Å². The lowest BCUT2D eigenvalue weighted by atomic mass is 9.66. The zero-order chi connectivity index (χ0) is 11.4. The van der Waals surface area contributed by atoms with Crippen molar-refractivity contribution in [3.8, 4) is 0 Å². The summed E-state index contributed by atoms with van der Waals surface area (Å²) in [5.41, 5.74) is 0.890. The predicted molar refractivity (Wildman–Crippen MR) is 66.4 cm³/mol. The largest absolute Gasteiger partial charge is 0.299 e. The highest BCUT2D eigenvalue weighted by Crippen LogP contribution is 2.39. The van der Waals surface area contributed by atoms with Crippen molar-refractivity contribution < 1.29 is 4.79 Å². The van der Waals surface area contributed by atoms with Crippen LogP contribution in [-0.4, -0.2) is 5.78 Å². The average molecular weight is 214 g/mol. The molecule has 1 aromatic carbocycles. The van der Waals surface area contributed by atoms with Crippen molar-refractivity contribution in [2.45, 2.75) is 37.5 Å². The molecule has 0 N–H and O–H groups in total. The maximum absolute atomic E-state index is 12.3. The Morgan fingerprint density at radius 3 is 2.62 bits per heavy atom. The van der Waals surface area contributed by atoms with Crippen LogP contribution in [0.3, 0.4) is 0 Å². The van der Waals surface area contributed by atoms with Gasteiger partial charge in [-0.3, -0.25) is 4.79 Å². The molecule has 0 radical (unpaired) electrons. The fourth-order valence-electron chi connectivity index (χ4n) is 2.73. The number of hydrogen-bond donors (Lipinski definition) is 0. The minimum atomic E-state index is -0.277. The number of carbonyl (C=O) groups is 1. The molecular weight excluding hydrogens is 196 g/mol. The maximum Gasteiger partial charge on any atom is 0.143 e. The summed E-state index contributed by atoms with van der Waals surface area (Å²) >= 11 is 0. The summed E-state index contributed by atoms with van der Waals surface area (Å²) in [4.78, 5) is 12.3. The summed E-state index contributed by atoms with van der Waals surface area (Å²) in [7, 11) is 0. The van der Waals surface area contributed by atoms with Gasteiger partial charge >= 0.3 is 0 Å². The number of hydrogen-bond acceptors (Lipinski definition) is 1. The first-order valence-corrected chi connectivity index (χ1v) is 5.99. The van der Waals surface area contributed by atoms with Gasteiger partial charge < -0.3 is 0 Å². The van der Waals surface area contributed by atoms with E-state index in [4.69, 9.17) is 0 Å². The van der Waals surface area contributed by atoms with Crippen molar-refractivity contribution in [1.82, 2.24) is 0 Å². The van der Waals surface area contributed by atoms with Crippen molar-refractivity contribution in [3.05, 3.63) is 48.6 Å². The van der Waals surface area contributed by atoms with Gasteiger partial charge in [0.05, 0.1) is 5.41 Å². The van der Waals surface area contributed by atoms with Gasteiger partial charge in [-0.15, -0.1) is 6.58 Å². The lowest BCUT2D eigenvalue weighted by molar-refractivity contribution is -0.126. The molecule has 84 valence electrons.